The Morgan fingerprint density at radius 3 is 1.67 bits per heavy atom. The van der Waals surface area contributed by atoms with Crippen molar-refractivity contribution in [2.45, 2.75) is 83.5 Å². The first kappa shape index (κ1) is 48.9. The van der Waals surface area contributed by atoms with Crippen LogP contribution in [0.15, 0.2) is 30.3 Å². The lowest BCUT2D eigenvalue weighted by atomic mass is 9.99. The monoisotopic (exact) mass is 803 g/mol. The molecule has 10 amide bonds. The number of nitrogens with two attached hydrogens (primary N) is 2. The topological polar surface area (TPSA) is 331 Å². The van der Waals surface area contributed by atoms with Gasteiger partial charge in [-0.15, -0.1) is 0 Å². The number of carbonyl (C=O) groups excluding carboxylic acids is 10. The molecule has 0 heterocycles. The molecule has 1 rings (SSSR count). The van der Waals surface area contributed by atoms with Crippen LogP contribution in [0.4, 0.5) is 0 Å². The van der Waals surface area contributed by atoms with E-state index in [0.29, 0.717) is 12.8 Å². The number of rotatable bonds is 27. The number of carbonyl (C=O) groups is 10. The molecule has 316 valence electrons. The molecule has 4 unspecified atom stereocenters. The molecule has 1 aromatic rings. The fourth-order valence-electron chi connectivity index (χ4n) is 5.13. The first-order valence-corrected chi connectivity index (χ1v) is 18.4. The molecule has 0 fully saturated rings. The smallest absolute Gasteiger partial charge is 0.243 e. The third-order valence-electron chi connectivity index (χ3n) is 8.07. The Kier molecular flexibility index (Phi) is 22.9. The van der Waals surface area contributed by atoms with Gasteiger partial charge in [0.1, 0.15) is 12.1 Å². The summed E-state index contributed by atoms with van der Waals surface area (Å²) in [6.45, 7) is 2.86. The normalized spacial score (nSPS) is 12.7. The molecule has 57 heavy (non-hydrogen) atoms. The van der Waals surface area contributed by atoms with Crippen LogP contribution < -0.4 is 59.3 Å². The minimum atomic E-state index is -1.20. The highest BCUT2D eigenvalue weighted by Crippen LogP contribution is 2.10. The number of hydrogen-bond donors (Lipinski definition) is 11. The van der Waals surface area contributed by atoms with Crippen molar-refractivity contribution in [3.8, 4) is 0 Å². The van der Waals surface area contributed by atoms with Crippen molar-refractivity contribution in [3.05, 3.63) is 35.9 Å². The largest absolute Gasteiger partial charge is 0.370 e. The van der Waals surface area contributed by atoms with E-state index in [1.165, 1.54) is 6.92 Å². The first-order valence-electron chi connectivity index (χ1n) is 18.4. The van der Waals surface area contributed by atoms with E-state index >= 15 is 0 Å². The maximum absolute atomic E-state index is 13.0. The summed E-state index contributed by atoms with van der Waals surface area (Å²) < 4.78 is 0. The van der Waals surface area contributed by atoms with Crippen molar-refractivity contribution >= 4 is 59.1 Å². The summed E-state index contributed by atoms with van der Waals surface area (Å²) in [5, 5.41) is 22.3. The maximum atomic E-state index is 13.0. The molecule has 0 aromatic heterocycles. The second kappa shape index (κ2) is 26.6. The Bertz CT molecular complexity index is 1560. The third kappa shape index (κ3) is 22.8. The minimum absolute atomic E-state index is 0.0425. The molecule has 4 atom stereocenters. The number of hydrogen-bond acceptors (Lipinski definition) is 11. The molecule has 21 nitrogen and oxygen atoms in total. The number of nitrogens with one attached hydrogen (secondary N) is 9. The predicted octanol–water partition coefficient (Wildman–Crippen LogP) is -4.55. The molecule has 0 radical (unpaired) electrons. The fraction of sp³-hybridized carbons (Fsp3) is 0.556. The van der Waals surface area contributed by atoms with Crippen molar-refractivity contribution in [2.24, 2.45) is 17.4 Å². The van der Waals surface area contributed by atoms with Crippen LogP contribution in [0.5, 0.6) is 0 Å². The van der Waals surface area contributed by atoms with Gasteiger partial charge < -0.3 is 59.3 Å². The Labute approximate surface area is 331 Å². The highest BCUT2D eigenvalue weighted by molar-refractivity contribution is 5.95. The number of amides is 10. The van der Waals surface area contributed by atoms with Crippen LogP contribution in [0.25, 0.3) is 0 Å². The molecule has 21 heteroatoms. The van der Waals surface area contributed by atoms with E-state index in [-0.39, 0.29) is 44.2 Å². The molecule has 0 aliphatic carbocycles. The van der Waals surface area contributed by atoms with Crippen LogP contribution in [0, 0.1) is 5.92 Å². The SMILES string of the molecule is CNC(Cc1ccccc1)C(=O)NC(CCC(N)=O)C(=O)NCC(=O)NC(C)C(=O)NCC(=O)NCC(=O)NCC(=O)NC(CCC(=O)NCC(N)=O)CC(C)C. The van der Waals surface area contributed by atoms with Crippen molar-refractivity contribution in [2.75, 3.05) is 39.8 Å². The van der Waals surface area contributed by atoms with Gasteiger partial charge in [0.2, 0.25) is 59.1 Å². The van der Waals surface area contributed by atoms with Crippen LogP contribution >= 0.6 is 0 Å². The van der Waals surface area contributed by atoms with Gasteiger partial charge in [-0.05, 0) is 51.1 Å². The summed E-state index contributed by atoms with van der Waals surface area (Å²) in [5.74, 6) is -6.34. The van der Waals surface area contributed by atoms with Crippen LogP contribution in [-0.2, 0) is 54.4 Å². The van der Waals surface area contributed by atoms with Gasteiger partial charge in [-0.2, -0.15) is 0 Å². The zero-order valence-electron chi connectivity index (χ0n) is 32.8. The van der Waals surface area contributed by atoms with Gasteiger partial charge in [0.05, 0.1) is 38.8 Å². The number of primary amides is 2. The van der Waals surface area contributed by atoms with E-state index in [2.05, 4.69) is 47.9 Å². The molecule has 13 N–H and O–H groups in total. The second-order valence-electron chi connectivity index (χ2n) is 13.6. The molecule has 0 aliphatic rings. The summed E-state index contributed by atoms with van der Waals surface area (Å²) >= 11 is 0. The lowest BCUT2D eigenvalue weighted by Crippen LogP contribution is -2.54. The van der Waals surface area contributed by atoms with Gasteiger partial charge in [-0.3, -0.25) is 47.9 Å². The van der Waals surface area contributed by atoms with Crippen molar-refractivity contribution in [1.82, 2.24) is 47.9 Å². The summed E-state index contributed by atoms with van der Waals surface area (Å²) in [7, 11) is 1.58. The molecular weight excluding hydrogens is 746 g/mol. The lowest BCUT2D eigenvalue weighted by molar-refractivity contribution is -0.132. The summed E-state index contributed by atoms with van der Waals surface area (Å²) in [6, 6.07) is 5.74. The van der Waals surface area contributed by atoms with Gasteiger partial charge in [-0.1, -0.05) is 44.2 Å². The average Bonchev–Trinajstić information content (AvgIpc) is 3.16. The maximum Gasteiger partial charge on any atom is 0.243 e. The summed E-state index contributed by atoms with van der Waals surface area (Å²) in [5.41, 5.74) is 11.1. The number of benzene rings is 1. The van der Waals surface area contributed by atoms with Gasteiger partial charge >= 0.3 is 0 Å². The van der Waals surface area contributed by atoms with E-state index < -0.39 is 103 Å². The highest BCUT2D eigenvalue weighted by Gasteiger charge is 2.26. The van der Waals surface area contributed by atoms with Gasteiger partial charge in [0.25, 0.3) is 0 Å². The fourth-order valence-corrected chi connectivity index (χ4v) is 5.13. The van der Waals surface area contributed by atoms with Crippen molar-refractivity contribution in [1.29, 1.82) is 0 Å². The van der Waals surface area contributed by atoms with Crippen LogP contribution in [0.3, 0.4) is 0 Å². The van der Waals surface area contributed by atoms with Gasteiger partial charge in [0.15, 0.2) is 0 Å². The zero-order valence-corrected chi connectivity index (χ0v) is 32.8. The van der Waals surface area contributed by atoms with Gasteiger partial charge in [-0.25, -0.2) is 0 Å². The minimum Gasteiger partial charge on any atom is -0.370 e. The van der Waals surface area contributed by atoms with E-state index in [9.17, 15) is 47.9 Å². The standard InChI is InChI=1S/C36H57N11O10/c1-21(2)14-24(10-13-29(50)40-16-28(38)49)46-33(54)19-42-30(51)17-41-31(52)18-43-34(55)22(3)45-32(53)20-44-35(56)25(11-12-27(37)48)47-36(57)26(39-4)15-23-8-6-5-7-9-23/h5-9,21-22,24-26,39H,10-20H2,1-4H3,(H2,37,48)(H2,38,49)(H,40,50)(H,41,52)(H,42,51)(H,43,55)(H,44,56)(H,45,53)(H,46,54)(H,47,57). The van der Waals surface area contributed by atoms with E-state index in [1.807, 2.05) is 44.2 Å². The van der Waals surface area contributed by atoms with E-state index in [1.54, 1.807) is 7.05 Å². The first-order chi connectivity index (χ1) is 26.9. The predicted molar refractivity (Wildman–Crippen MR) is 206 cm³/mol. The zero-order chi connectivity index (χ0) is 42.9. The summed E-state index contributed by atoms with van der Waals surface area (Å²) in [4.78, 5) is 122. The molecule has 0 aliphatic heterocycles. The highest BCUT2D eigenvalue weighted by atomic mass is 16.2. The molecule has 0 spiro atoms. The van der Waals surface area contributed by atoms with Crippen LogP contribution in [0.2, 0.25) is 0 Å². The molecule has 0 saturated carbocycles. The Morgan fingerprint density at radius 1 is 0.544 bits per heavy atom. The Hall–Kier alpha value is -6.12. The quantitative estimate of drug-likeness (QED) is 0.0402. The Morgan fingerprint density at radius 2 is 1.09 bits per heavy atom. The Balaban J connectivity index is 2.48. The summed E-state index contributed by atoms with van der Waals surface area (Å²) in [6.07, 6.45) is 0.864. The second-order valence-corrected chi connectivity index (χ2v) is 13.6. The van der Waals surface area contributed by atoms with E-state index in [0.717, 1.165) is 5.56 Å². The molecule has 0 bridgehead atoms. The van der Waals surface area contributed by atoms with Crippen molar-refractivity contribution < 1.29 is 47.9 Å². The molecule has 1 aromatic carbocycles. The number of likely N-dealkylation sites (N-methyl/N-ethyl adjacent to an activating group) is 1. The van der Waals surface area contributed by atoms with E-state index in [4.69, 9.17) is 11.5 Å². The average molecular weight is 804 g/mol. The van der Waals surface area contributed by atoms with Gasteiger partial charge in [0, 0.05) is 18.9 Å². The van der Waals surface area contributed by atoms with Crippen LogP contribution in [0.1, 0.15) is 58.4 Å². The third-order valence-corrected chi connectivity index (χ3v) is 8.07. The lowest BCUT2D eigenvalue weighted by Gasteiger charge is -2.22. The van der Waals surface area contributed by atoms with Crippen LogP contribution in [-0.4, -0.2) is 123 Å². The molecule has 0 saturated heterocycles. The molecular formula is C36H57N11O10. The van der Waals surface area contributed by atoms with Crippen molar-refractivity contribution in [3.63, 3.8) is 0 Å².